The molecule has 1 aromatic heterocycles. The van der Waals surface area contributed by atoms with Crippen molar-refractivity contribution in [3.05, 3.63) is 36.0 Å². The molecular weight excluding hydrogens is 373 g/mol. The van der Waals surface area contributed by atoms with Gasteiger partial charge in [-0.25, -0.2) is 9.18 Å². The van der Waals surface area contributed by atoms with Crippen LogP contribution in [0.2, 0.25) is 0 Å². The standard InChI is InChI=1S/C18H28FN3O6/c1-11(2)8-24-25-10-13-15(28-26-9-12(3)4)18(5,19)16(27-13)22-7-6-14(20)21-17(22)23/h6-9,11-13,15-16H,10H2,1-5H3,(H2,20,21,23)/q-2/t13-,15-,16-,18-/m1/s1. The average Bonchev–Trinajstić information content (AvgIpc) is 2.82. The highest BCUT2D eigenvalue weighted by Crippen LogP contribution is 2.42. The van der Waals surface area contributed by atoms with E-state index < -0.39 is 29.8 Å². The molecule has 0 bridgehead atoms. The Morgan fingerprint density at radius 3 is 2.57 bits per heavy atom. The predicted molar refractivity (Wildman–Crippen MR) is 97.6 cm³/mol. The van der Waals surface area contributed by atoms with Crippen LogP contribution in [0.5, 0.6) is 0 Å². The van der Waals surface area contributed by atoms with E-state index in [0.29, 0.717) is 0 Å². The molecule has 0 amide bonds. The van der Waals surface area contributed by atoms with Crippen LogP contribution in [0.3, 0.4) is 0 Å². The van der Waals surface area contributed by atoms with Crippen molar-refractivity contribution < 1.29 is 28.7 Å². The Kier molecular flexibility index (Phi) is 7.90. The topological polar surface area (TPSA) is 107 Å². The fourth-order valence-electron chi connectivity index (χ4n) is 2.56. The summed E-state index contributed by atoms with van der Waals surface area (Å²) in [6.45, 7) is 11.6. The molecule has 1 fully saturated rings. The maximum atomic E-state index is 15.7. The fourth-order valence-corrected chi connectivity index (χ4v) is 2.56. The summed E-state index contributed by atoms with van der Waals surface area (Å²) in [5.41, 5.74) is 2.62. The maximum Gasteiger partial charge on any atom is 0.351 e. The van der Waals surface area contributed by atoms with E-state index >= 15 is 4.39 Å². The first-order valence-electron chi connectivity index (χ1n) is 9.09. The van der Waals surface area contributed by atoms with Crippen molar-refractivity contribution in [3.63, 3.8) is 0 Å². The number of hydrogen-bond donors (Lipinski definition) is 1. The predicted octanol–water partition coefficient (Wildman–Crippen LogP) is 2.35. The summed E-state index contributed by atoms with van der Waals surface area (Å²) in [5, 5.41) is 0. The zero-order valence-corrected chi connectivity index (χ0v) is 16.7. The number of anilines is 1. The van der Waals surface area contributed by atoms with Crippen LogP contribution in [-0.4, -0.2) is 34.0 Å². The van der Waals surface area contributed by atoms with E-state index in [2.05, 4.69) is 4.98 Å². The highest BCUT2D eigenvalue weighted by atomic mass is 19.1. The van der Waals surface area contributed by atoms with Crippen LogP contribution < -0.4 is 11.4 Å². The molecule has 2 N–H and O–H groups in total. The molecule has 9 nitrogen and oxygen atoms in total. The number of rotatable bonds is 10. The molecular formula is C18H28FN3O6-2. The molecule has 1 aliphatic heterocycles. The lowest BCUT2D eigenvalue weighted by Gasteiger charge is -2.30. The number of alkyl halides is 1. The van der Waals surface area contributed by atoms with E-state index in [1.807, 2.05) is 27.7 Å². The maximum absolute atomic E-state index is 15.7. The van der Waals surface area contributed by atoms with Gasteiger partial charge in [0.2, 0.25) is 0 Å². The van der Waals surface area contributed by atoms with E-state index in [4.69, 9.17) is 30.0 Å². The minimum absolute atomic E-state index is 0.0278. The summed E-state index contributed by atoms with van der Waals surface area (Å²) in [6.07, 6.45) is -2.11. The Hall–Kier alpha value is -1.59. The average molecular weight is 401 g/mol. The van der Waals surface area contributed by atoms with Crippen LogP contribution in [0.15, 0.2) is 17.1 Å². The summed E-state index contributed by atoms with van der Waals surface area (Å²) < 4.78 is 22.4. The molecule has 0 unspecified atom stereocenters. The van der Waals surface area contributed by atoms with Crippen LogP contribution in [0.4, 0.5) is 10.2 Å². The Bertz CT molecular complexity index is 682. The second-order valence-corrected chi connectivity index (χ2v) is 7.47. The fraction of sp³-hybridized carbons (Fsp3) is 0.667. The van der Waals surface area contributed by atoms with Gasteiger partial charge in [-0.05, 0) is 13.0 Å². The Morgan fingerprint density at radius 1 is 1.32 bits per heavy atom. The quantitative estimate of drug-likeness (QED) is 0.276. The smallest absolute Gasteiger partial charge is 0.351 e. The van der Waals surface area contributed by atoms with Crippen LogP contribution in [0.25, 0.3) is 0 Å². The van der Waals surface area contributed by atoms with E-state index in [1.165, 1.54) is 32.4 Å². The molecule has 2 heterocycles. The molecule has 4 atom stereocenters. The third-order valence-corrected chi connectivity index (χ3v) is 3.90. The lowest BCUT2D eigenvalue weighted by atomic mass is 9.98. The van der Waals surface area contributed by atoms with Gasteiger partial charge in [0.25, 0.3) is 0 Å². The zero-order chi connectivity index (χ0) is 20.9. The lowest BCUT2D eigenvalue weighted by molar-refractivity contribution is -0.341. The monoisotopic (exact) mass is 401 g/mol. The van der Waals surface area contributed by atoms with Gasteiger partial charge in [0.05, 0.1) is 0 Å². The molecule has 1 saturated heterocycles. The normalized spacial score (nSPS) is 27.8. The summed E-state index contributed by atoms with van der Waals surface area (Å²) >= 11 is 0. The molecule has 28 heavy (non-hydrogen) atoms. The summed E-state index contributed by atoms with van der Waals surface area (Å²) in [6, 6.07) is 1.38. The van der Waals surface area contributed by atoms with E-state index in [1.54, 1.807) is 0 Å². The molecule has 0 spiro atoms. The number of nitrogen functional groups attached to an aromatic ring is 1. The van der Waals surface area contributed by atoms with Crippen LogP contribution in [0, 0.1) is 25.0 Å². The second-order valence-electron chi connectivity index (χ2n) is 7.47. The van der Waals surface area contributed by atoms with Crippen molar-refractivity contribution in [2.45, 2.75) is 58.7 Å². The van der Waals surface area contributed by atoms with Gasteiger partial charge < -0.3 is 20.2 Å². The molecule has 10 heteroatoms. The first-order valence-corrected chi connectivity index (χ1v) is 9.09. The first kappa shape index (κ1) is 22.7. The highest BCUT2D eigenvalue weighted by molar-refractivity contribution is 5.23. The van der Waals surface area contributed by atoms with Gasteiger partial charge in [-0.15, -0.1) is 11.8 Å². The number of nitrogens with zero attached hydrogens (tertiary/aromatic N) is 2. The minimum Gasteiger partial charge on any atom is -0.413 e. The van der Waals surface area contributed by atoms with Gasteiger partial charge in [0.1, 0.15) is 18.5 Å². The molecule has 0 aromatic carbocycles. The van der Waals surface area contributed by atoms with Crippen LogP contribution in [0.1, 0.15) is 40.8 Å². The van der Waals surface area contributed by atoms with Gasteiger partial charge in [0, 0.05) is 6.20 Å². The molecule has 0 aliphatic carbocycles. The largest absolute Gasteiger partial charge is 0.413 e. The molecule has 1 aliphatic rings. The number of aromatic nitrogens is 2. The van der Waals surface area contributed by atoms with Crippen LogP contribution in [-0.2, 0) is 24.3 Å². The molecule has 2 rings (SSSR count). The lowest BCUT2D eigenvalue weighted by Crippen LogP contribution is -2.44. The highest BCUT2D eigenvalue weighted by Gasteiger charge is 2.57. The Balaban J connectivity index is 2.17. The van der Waals surface area contributed by atoms with Crippen molar-refractivity contribution >= 4 is 5.82 Å². The Labute approximate surface area is 163 Å². The Morgan fingerprint density at radius 2 is 1.96 bits per heavy atom. The molecule has 0 radical (unpaired) electrons. The minimum atomic E-state index is -2.14. The van der Waals surface area contributed by atoms with E-state index in [-0.39, 0.29) is 24.3 Å². The van der Waals surface area contributed by atoms with Crippen molar-refractivity contribution in [3.8, 4) is 0 Å². The van der Waals surface area contributed by atoms with E-state index in [0.717, 1.165) is 4.57 Å². The summed E-state index contributed by atoms with van der Waals surface area (Å²) in [7, 11) is 0. The van der Waals surface area contributed by atoms with Crippen molar-refractivity contribution in [2.24, 2.45) is 11.8 Å². The third-order valence-electron chi connectivity index (χ3n) is 3.90. The summed E-state index contributed by atoms with van der Waals surface area (Å²) in [5.74, 6) is 0.227. The van der Waals surface area contributed by atoms with Gasteiger partial charge >= 0.3 is 5.69 Å². The van der Waals surface area contributed by atoms with Gasteiger partial charge in [-0.1, -0.05) is 27.7 Å². The molecule has 1 aromatic rings. The number of hydrogen-bond acceptors (Lipinski definition) is 8. The first-order chi connectivity index (χ1) is 13.1. The zero-order valence-electron chi connectivity index (χ0n) is 16.7. The van der Waals surface area contributed by atoms with Gasteiger partial charge in [-0.3, -0.25) is 14.3 Å². The third kappa shape index (κ3) is 5.71. The number of halogens is 1. The second kappa shape index (κ2) is 9.75. The number of ether oxygens (including phenoxy) is 1. The molecule has 0 saturated carbocycles. The van der Waals surface area contributed by atoms with Crippen LogP contribution >= 0.6 is 0 Å². The summed E-state index contributed by atoms with van der Waals surface area (Å²) in [4.78, 5) is 36.2. The van der Waals surface area contributed by atoms with Crippen molar-refractivity contribution in [1.29, 1.82) is 0 Å². The SMILES string of the molecule is CC(C)[CH-]OOC[C@H]1O[C@@H](n2ccc(N)nc2=O)[C@](C)(F)[C@@H]1OO[CH-]C(C)C. The van der Waals surface area contributed by atoms with Crippen molar-refractivity contribution in [1.82, 2.24) is 9.55 Å². The van der Waals surface area contributed by atoms with E-state index in [9.17, 15) is 4.79 Å². The van der Waals surface area contributed by atoms with Gasteiger partial charge in [-0.2, -0.15) is 18.2 Å². The van der Waals surface area contributed by atoms with Gasteiger partial charge in [0.15, 0.2) is 18.0 Å². The molecule has 160 valence electrons. The van der Waals surface area contributed by atoms with Crippen molar-refractivity contribution in [2.75, 3.05) is 12.3 Å². The number of nitrogens with two attached hydrogens (primary N) is 1.